The normalized spacial score (nSPS) is 10.3. The summed E-state index contributed by atoms with van der Waals surface area (Å²) >= 11 is 1.03. The Bertz CT molecular complexity index is 729. The number of hydrogen-bond donors (Lipinski definition) is 1. The van der Waals surface area contributed by atoms with Gasteiger partial charge >= 0.3 is 5.97 Å². The van der Waals surface area contributed by atoms with Gasteiger partial charge in [0.25, 0.3) is 5.91 Å². The number of anilines is 1. The molecule has 0 saturated heterocycles. The molecule has 2 rings (SSSR count). The second kappa shape index (κ2) is 8.49. The fourth-order valence-corrected chi connectivity index (χ4v) is 2.87. The second-order valence-electron chi connectivity index (χ2n) is 5.30. The Hall–Kier alpha value is -2.34. The smallest absolute Gasteiger partial charge is 0.316 e. The molecule has 0 radical (unpaired) electrons. The van der Waals surface area contributed by atoms with Crippen molar-refractivity contribution in [2.24, 2.45) is 0 Å². The van der Waals surface area contributed by atoms with E-state index in [1.165, 1.54) is 6.07 Å². The third-order valence-corrected chi connectivity index (χ3v) is 4.07. The lowest BCUT2D eigenvalue weighted by Crippen LogP contribution is -2.21. The molecule has 0 fully saturated rings. The molecule has 126 valence electrons. The molecule has 0 unspecified atom stereocenters. The Morgan fingerprint density at radius 2 is 1.79 bits per heavy atom. The van der Waals surface area contributed by atoms with Crippen LogP contribution in [0.5, 0.6) is 0 Å². The van der Waals surface area contributed by atoms with Crippen molar-refractivity contribution in [3.63, 3.8) is 0 Å². The summed E-state index contributed by atoms with van der Waals surface area (Å²) in [5, 5.41) is 2.68. The molecule has 0 atom stereocenters. The summed E-state index contributed by atoms with van der Waals surface area (Å²) in [5.74, 6) is -1.43. The molecule has 6 heteroatoms. The highest BCUT2D eigenvalue weighted by Gasteiger charge is 2.10. The number of aryl methyl sites for hydroxylation is 2. The Balaban J connectivity index is 1.77. The molecule has 0 aliphatic rings. The summed E-state index contributed by atoms with van der Waals surface area (Å²) in [7, 11) is 0. The molecule has 0 bridgehead atoms. The van der Waals surface area contributed by atoms with Crippen molar-refractivity contribution >= 4 is 29.3 Å². The first-order chi connectivity index (χ1) is 11.4. The Kier molecular flexibility index (Phi) is 6.37. The summed E-state index contributed by atoms with van der Waals surface area (Å²) in [6.07, 6.45) is 0. The maximum absolute atomic E-state index is 13.4. The molecule has 1 N–H and O–H groups in total. The molecule has 0 aromatic heterocycles. The lowest BCUT2D eigenvalue weighted by molar-refractivity contribution is -0.144. The number of thioether (sulfide) groups is 1. The van der Waals surface area contributed by atoms with Crippen LogP contribution in [0.1, 0.15) is 11.1 Å². The quantitative estimate of drug-likeness (QED) is 0.639. The number of amides is 1. The fraction of sp³-hybridized carbons (Fsp3) is 0.222. The zero-order valence-electron chi connectivity index (χ0n) is 13.5. The molecule has 24 heavy (non-hydrogen) atoms. The van der Waals surface area contributed by atoms with Gasteiger partial charge in [-0.2, -0.15) is 0 Å². The van der Waals surface area contributed by atoms with Gasteiger partial charge in [-0.15, -0.1) is 11.8 Å². The fourth-order valence-electron chi connectivity index (χ4n) is 2.13. The highest BCUT2D eigenvalue weighted by atomic mass is 32.2. The van der Waals surface area contributed by atoms with Gasteiger partial charge in [-0.1, -0.05) is 18.2 Å². The van der Waals surface area contributed by atoms with Crippen LogP contribution in [0.4, 0.5) is 10.1 Å². The van der Waals surface area contributed by atoms with Gasteiger partial charge in [0.2, 0.25) is 0 Å². The number of carbonyl (C=O) groups excluding carboxylic acids is 2. The molecule has 0 saturated carbocycles. The number of benzene rings is 2. The highest BCUT2D eigenvalue weighted by molar-refractivity contribution is 8.00. The second-order valence-corrected chi connectivity index (χ2v) is 6.32. The minimum absolute atomic E-state index is 0.0578. The van der Waals surface area contributed by atoms with E-state index >= 15 is 0 Å². The zero-order valence-corrected chi connectivity index (χ0v) is 14.3. The zero-order chi connectivity index (χ0) is 17.5. The summed E-state index contributed by atoms with van der Waals surface area (Å²) < 4.78 is 18.3. The summed E-state index contributed by atoms with van der Waals surface area (Å²) in [5.41, 5.74) is 2.72. The van der Waals surface area contributed by atoms with Gasteiger partial charge in [-0.05, 0) is 49.2 Å². The monoisotopic (exact) mass is 347 g/mol. The largest absolute Gasteiger partial charge is 0.455 e. The van der Waals surface area contributed by atoms with Crippen molar-refractivity contribution in [3.05, 3.63) is 59.4 Å². The van der Waals surface area contributed by atoms with Gasteiger partial charge in [-0.25, -0.2) is 4.39 Å². The summed E-state index contributed by atoms with van der Waals surface area (Å²) in [4.78, 5) is 23.8. The molecule has 0 heterocycles. The minimum atomic E-state index is -0.571. The van der Waals surface area contributed by atoms with Crippen LogP contribution in [0.15, 0.2) is 47.4 Å². The average Bonchev–Trinajstić information content (AvgIpc) is 2.51. The number of nitrogens with one attached hydrogen (secondary N) is 1. The summed E-state index contributed by atoms with van der Waals surface area (Å²) in [6, 6.07) is 11.8. The maximum atomic E-state index is 13.4. The Labute approximate surface area is 144 Å². The van der Waals surface area contributed by atoms with E-state index in [9.17, 15) is 14.0 Å². The third kappa shape index (κ3) is 5.70. The van der Waals surface area contributed by atoms with Crippen molar-refractivity contribution in [2.75, 3.05) is 17.7 Å². The first kappa shape index (κ1) is 18.0. The predicted molar refractivity (Wildman–Crippen MR) is 92.6 cm³/mol. The van der Waals surface area contributed by atoms with Gasteiger partial charge in [0.05, 0.1) is 5.75 Å². The van der Waals surface area contributed by atoms with Gasteiger partial charge in [0.1, 0.15) is 5.82 Å². The molecule has 2 aromatic rings. The van der Waals surface area contributed by atoms with Crippen LogP contribution >= 0.6 is 11.8 Å². The summed E-state index contributed by atoms with van der Waals surface area (Å²) in [6.45, 7) is 3.49. The van der Waals surface area contributed by atoms with Crippen molar-refractivity contribution in [2.45, 2.75) is 18.7 Å². The van der Waals surface area contributed by atoms with E-state index in [0.717, 1.165) is 22.9 Å². The van der Waals surface area contributed by atoms with E-state index in [2.05, 4.69) is 5.32 Å². The van der Waals surface area contributed by atoms with Gasteiger partial charge in [-0.3, -0.25) is 9.59 Å². The van der Waals surface area contributed by atoms with Gasteiger partial charge in [0, 0.05) is 10.6 Å². The number of halogens is 1. The topological polar surface area (TPSA) is 55.4 Å². The molecule has 0 aliphatic heterocycles. The van der Waals surface area contributed by atoms with Crippen molar-refractivity contribution in [1.82, 2.24) is 0 Å². The molecular weight excluding hydrogens is 329 g/mol. The number of hydrogen-bond acceptors (Lipinski definition) is 4. The van der Waals surface area contributed by atoms with E-state index in [1.807, 2.05) is 32.0 Å². The van der Waals surface area contributed by atoms with Crippen LogP contribution in [0.25, 0.3) is 0 Å². The molecule has 1 amide bonds. The van der Waals surface area contributed by atoms with Crippen LogP contribution in [0.3, 0.4) is 0 Å². The molecule has 0 aliphatic carbocycles. The van der Waals surface area contributed by atoms with E-state index < -0.39 is 11.9 Å². The molecule has 4 nitrogen and oxygen atoms in total. The first-order valence-corrected chi connectivity index (χ1v) is 8.33. The average molecular weight is 347 g/mol. The number of esters is 1. The molecular formula is C18H18FNO3S. The van der Waals surface area contributed by atoms with E-state index in [0.29, 0.717) is 10.6 Å². The Morgan fingerprint density at radius 3 is 2.46 bits per heavy atom. The number of ether oxygens (including phenoxy) is 1. The highest BCUT2D eigenvalue weighted by Crippen LogP contribution is 2.21. The van der Waals surface area contributed by atoms with Crippen LogP contribution < -0.4 is 5.32 Å². The third-order valence-electron chi connectivity index (χ3n) is 3.05. The van der Waals surface area contributed by atoms with Gasteiger partial charge in [0.15, 0.2) is 6.61 Å². The Morgan fingerprint density at radius 1 is 1.12 bits per heavy atom. The van der Waals surface area contributed by atoms with Crippen LogP contribution in [-0.4, -0.2) is 24.2 Å². The lowest BCUT2D eigenvalue weighted by atomic mass is 10.1. The van der Waals surface area contributed by atoms with Crippen LogP contribution in [0.2, 0.25) is 0 Å². The van der Waals surface area contributed by atoms with Crippen LogP contribution in [0, 0.1) is 19.7 Å². The molecule has 0 spiro atoms. The predicted octanol–water partition coefficient (Wildman–Crippen LogP) is 3.72. The van der Waals surface area contributed by atoms with Crippen LogP contribution in [-0.2, 0) is 14.3 Å². The SMILES string of the molecule is Cc1cc(C)cc(NC(=O)COC(=O)CSc2ccccc2F)c1. The standard InChI is InChI=1S/C18H18FNO3S/c1-12-7-13(2)9-14(8-12)20-17(21)10-23-18(22)11-24-16-6-4-3-5-15(16)19/h3-9H,10-11H2,1-2H3,(H,20,21). The van der Waals surface area contributed by atoms with Crippen molar-refractivity contribution < 1.29 is 18.7 Å². The first-order valence-electron chi connectivity index (χ1n) is 7.35. The maximum Gasteiger partial charge on any atom is 0.316 e. The van der Waals surface area contributed by atoms with Gasteiger partial charge < -0.3 is 10.1 Å². The molecule has 2 aromatic carbocycles. The minimum Gasteiger partial charge on any atom is -0.455 e. The lowest BCUT2D eigenvalue weighted by Gasteiger charge is -2.08. The van der Waals surface area contributed by atoms with E-state index in [1.54, 1.807) is 18.2 Å². The van der Waals surface area contributed by atoms with E-state index in [4.69, 9.17) is 4.74 Å². The number of rotatable bonds is 6. The van der Waals surface area contributed by atoms with Crippen molar-refractivity contribution in [3.8, 4) is 0 Å². The van der Waals surface area contributed by atoms with Crippen molar-refractivity contribution in [1.29, 1.82) is 0 Å². The number of carbonyl (C=O) groups is 2. The van der Waals surface area contributed by atoms with E-state index in [-0.39, 0.29) is 18.2 Å².